The number of nitrogens with zero attached hydrogens (tertiary/aromatic N) is 2. The molecule has 2 rings (SSSR count). The summed E-state index contributed by atoms with van der Waals surface area (Å²) in [5.74, 6) is 1.27. The molecule has 1 heterocycles. The van der Waals surface area contributed by atoms with Gasteiger partial charge in [-0.15, -0.1) is 0 Å². The molecule has 1 atom stereocenters. The topological polar surface area (TPSA) is 57.6 Å². The lowest BCUT2D eigenvalue weighted by Gasteiger charge is -2.18. The van der Waals surface area contributed by atoms with Crippen LogP contribution in [0.3, 0.4) is 0 Å². The van der Waals surface area contributed by atoms with Gasteiger partial charge in [-0.1, -0.05) is 11.6 Å². The quantitative estimate of drug-likeness (QED) is 0.721. The SMILES string of the molecule is Cc1cnc(Nc2cc(Cl)ccc2OC[C@@H](O)CN(C)C)c(Br)c1. The molecule has 0 fully saturated rings. The van der Waals surface area contributed by atoms with E-state index in [-0.39, 0.29) is 6.61 Å². The van der Waals surface area contributed by atoms with Gasteiger partial charge < -0.3 is 20.1 Å². The number of hydrogen-bond donors (Lipinski definition) is 2. The lowest BCUT2D eigenvalue weighted by atomic mass is 10.2. The summed E-state index contributed by atoms with van der Waals surface area (Å²) in [5.41, 5.74) is 1.75. The van der Waals surface area contributed by atoms with Gasteiger partial charge in [0.2, 0.25) is 0 Å². The van der Waals surface area contributed by atoms with Crippen LogP contribution < -0.4 is 10.1 Å². The van der Waals surface area contributed by atoms with Crippen molar-refractivity contribution in [2.75, 3.05) is 32.6 Å². The van der Waals surface area contributed by atoms with Gasteiger partial charge in [0.15, 0.2) is 0 Å². The van der Waals surface area contributed by atoms with Crippen LogP contribution in [0.4, 0.5) is 11.5 Å². The number of ether oxygens (including phenoxy) is 1. The Morgan fingerprint density at radius 3 is 2.79 bits per heavy atom. The van der Waals surface area contributed by atoms with Crippen LogP contribution in [-0.4, -0.2) is 48.3 Å². The van der Waals surface area contributed by atoms with Crippen LogP contribution in [0.15, 0.2) is 34.9 Å². The van der Waals surface area contributed by atoms with E-state index in [1.807, 2.05) is 32.0 Å². The van der Waals surface area contributed by atoms with Crippen LogP contribution >= 0.6 is 27.5 Å². The molecule has 0 aliphatic rings. The highest BCUT2D eigenvalue weighted by Crippen LogP contribution is 2.32. The fourth-order valence-electron chi connectivity index (χ4n) is 2.14. The minimum atomic E-state index is -0.576. The van der Waals surface area contributed by atoms with Crippen molar-refractivity contribution in [3.05, 3.63) is 45.5 Å². The molecular weight excluding hydrogens is 394 g/mol. The van der Waals surface area contributed by atoms with E-state index in [0.29, 0.717) is 28.8 Å². The minimum Gasteiger partial charge on any atom is -0.489 e. The summed E-state index contributed by atoms with van der Waals surface area (Å²) in [5, 5.41) is 13.8. The van der Waals surface area contributed by atoms with Crippen molar-refractivity contribution in [1.82, 2.24) is 9.88 Å². The van der Waals surface area contributed by atoms with E-state index in [9.17, 15) is 5.11 Å². The van der Waals surface area contributed by atoms with Gasteiger partial charge in [0.1, 0.15) is 24.3 Å². The Bertz CT molecular complexity index is 698. The molecule has 5 nitrogen and oxygen atoms in total. The lowest BCUT2D eigenvalue weighted by molar-refractivity contribution is 0.0834. The number of aliphatic hydroxyl groups excluding tert-OH is 1. The molecule has 1 aromatic carbocycles. The van der Waals surface area contributed by atoms with Crippen LogP contribution in [0.5, 0.6) is 5.75 Å². The zero-order valence-corrected chi connectivity index (χ0v) is 16.2. The van der Waals surface area contributed by atoms with E-state index in [2.05, 4.69) is 26.2 Å². The van der Waals surface area contributed by atoms with Crippen molar-refractivity contribution in [2.45, 2.75) is 13.0 Å². The molecule has 2 N–H and O–H groups in total. The highest BCUT2D eigenvalue weighted by Gasteiger charge is 2.11. The Morgan fingerprint density at radius 2 is 2.12 bits per heavy atom. The van der Waals surface area contributed by atoms with Crippen LogP contribution in [0, 0.1) is 6.92 Å². The maximum Gasteiger partial charge on any atom is 0.144 e. The average molecular weight is 415 g/mol. The zero-order valence-electron chi connectivity index (χ0n) is 13.9. The van der Waals surface area contributed by atoms with Gasteiger partial charge in [-0.2, -0.15) is 0 Å². The number of aryl methyl sites for hydroxylation is 1. The first-order valence-corrected chi connectivity index (χ1v) is 8.66. The smallest absolute Gasteiger partial charge is 0.144 e. The molecule has 0 spiro atoms. The molecular formula is C17H21BrClN3O2. The fourth-order valence-corrected chi connectivity index (χ4v) is 2.87. The molecule has 2 aromatic rings. The van der Waals surface area contributed by atoms with E-state index in [0.717, 1.165) is 10.0 Å². The average Bonchev–Trinajstić information content (AvgIpc) is 2.48. The molecule has 0 saturated carbocycles. The van der Waals surface area contributed by atoms with Crippen molar-refractivity contribution in [2.24, 2.45) is 0 Å². The number of nitrogens with one attached hydrogen (secondary N) is 1. The maximum atomic E-state index is 9.96. The summed E-state index contributed by atoms with van der Waals surface area (Å²) in [7, 11) is 3.80. The standard InChI is InChI=1S/C17H21BrClN3O2/c1-11-6-14(18)17(20-8-11)21-15-7-12(19)4-5-16(15)24-10-13(23)9-22(2)3/h4-8,13,23H,9-10H2,1-3H3,(H,20,21)/t13-/m0/s1. The predicted molar refractivity (Wildman–Crippen MR) is 101 cm³/mol. The van der Waals surface area contributed by atoms with Gasteiger partial charge in [-0.05, 0) is 66.8 Å². The van der Waals surface area contributed by atoms with Gasteiger partial charge in [0.25, 0.3) is 0 Å². The van der Waals surface area contributed by atoms with Gasteiger partial charge in [0.05, 0.1) is 10.2 Å². The molecule has 0 bridgehead atoms. The van der Waals surface area contributed by atoms with Crippen molar-refractivity contribution in [3.8, 4) is 5.75 Å². The highest BCUT2D eigenvalue weighted by molar-refractivity contribution is 9.10. The number of rotatable bonds is 7. The van der Waals surface area contributed by atoms with Gasteiger partial charge in [-0.3, -0.25) is 0 Å². The Balaban J connectivity index is 2.15. The summed E-state index contributed by atoms with van der Waals surface area (Å²) in [6.45, 7) is 2.69. The summed E-state index contributed by atoms with van der Waals surface area (Å²) >= 11 is 9.59. The molecule has 0 unspecified atom stereocenters. The van der Waals surface area contributed by atoms with Crippen LogP contribution in [0.25, 0.3) is 0 Å². The first kappa shape index (κ1) is 19.0. The Hall–Kier alpha value is -1.34. The maximum absolute atomic E-state index is 9.96. The predicted octanol–water partition coefficient (Wildman–Crippen LogP) is 3.85. The van der Waals surface area contributed by atoms with Gasteiger partial charge in [0, 0.05) is 17.8 Å². The fraction of sp³-hybridized carbons (Fsp3) is 0.353. The molecule has 1 aromatic heterocycles. The third-order valence-electron chi connectivity index (χ3n) is 3.18. The number of likely N-dealkylation sites (N-methyl/N-ethyl adjacent to an activating group) is 1. The molecule has 0 aliphatic carbocycles. The van der Waals surface area contributed by atoms with Crippen molar-refractivity contribution in [1.29, 1.82) is 0 Å². The summed E-state index contributed by atoms with van der Waals surface area (Å²) in [6, 6.07) is 7.26. The van der Waals surface area contributed by atoms with Crippen molar-refractivity contribution < 1.29 is 9.84 Å². The minimum absolute atomic E-state index is 0.191. The Kier molecular flexibility index (Phi) is 6.86. The molecule has 130 valence electrons. The number of halogens is 2. The Labute approximate surface area is 155 Å². The molecule has 0 aliphatic heterocycles. The molecule has 0 radical (unpaired) electrons. The third-order valence-corrected chi connectivity index (χ3v) is 4.02. The van der Waals surface area contributed by atoms with Crippen LogP contribution in [0.2, 0.25) is 5.02 Å². The highest BCUT2D eigenvalue weighted by atomic mass is 79.9. The summed E-state index contributed by atoms with van der Waals surface area (Å²) in [6.07, 6.45) is 1.20. The molecule has 0 saturated heterocycles. The van der Waals surface area contributed by atoms with Gasteiger partial charge >= 0.3 is 0 Å². The second-order valence-corrected chi connectivity index (χ2v) is 7.13. The first-order valence-electron chi connectivity index (χ1n) is 7.49. The molecule has 0 amide bonds. The number of aliphatic hydroxyl groups is 1. The molecule has 24 heavy (non-hydrogen) atoms. The van der Waals surface area contributed by atoms with E-state index >= 15 is 0 Å². The number of anilines is 2. The largest absolute Gasteiger partial charge is 0.489 e. The second kappa shape index (κ2) is 8.67. The van der Waals surface area contributed by atoms with Crippen LogP contribution in [0.1, 0.15) is 5.56 Å². The number of pyridine rings is 1. The van der Waals surface area contributed by atoms with E-state index in [4.69, 9.17) is 16.3 Å². The lowest BCUT2D eigenvalue weighted by Crippen LogP contribution is -2.30. The third kappa shape index (κ3) is 5.63. The van der Waals surface area contributed by atoms with Crippen LogP contribution in [-0.2, 0) is 0 Å². The zero-order chi connectivity index (χ0) is 17.7. The summed E-state index contributed by atoms with van der Waals surface area (Å²) in [4.78, 5) is 6.27. The molecule has 7 heteroatoms. The monoisotopic (exact) mass is 413 g/mol. The van der Waals surface area contributed by atoms with E-state index in [1.54, 1.807) is 24.4 Å². The summed E-state index contributed by atoms with van der Waals surface area (Å²) < 4.78 is 6.60. The van der Waals surface area contributed by atoms with E-state index < -0.39 is 6.10 Å². The second-order valence-electron chi connectivity index (χ2n) is 5.84. The van der Waals surface area contributed by atoms with Gasteiger partial charge in [-0.25, -0.2) is 4.98 Å². The number of aromatic nitrogens is 1. The normalized spacial score (nSPS) is 12.3. The number of hydrogen-bond acceptors (Lipinski definition) is 5. The first-order chi connectivity index (χ1) is 11.3. The van der Waals surface area contributed by atoms with E-state index in [1.165, 1.54) is 0 Å². The van der Waals surface area contributed by atoms with Crippen molar-refractivity contribution in [3.63, 3.8) is 0 Å². The Morgan fingerprint density at radius 1 is 1.38 bits per heavy atom. The van der Waals surface area contributed by atoms with Crippen molar-refractivity contribution >= 4 is 39.0 Å². The number of benzene rings is 1.